The van der Waals surface area contributed by atoms with Crippen LogP contribution in [0.25, 0.3) is 10.9 Å². The van der Waals surface area contributed by atoms with Crippen LogP contribution in [0, 0.1) is 0 Å². The molecule has 0 spiro atoms. The molecule has 0 fully saturated rings. The number of pyridine rings is 1. The van der Waals surface area contributed by atoms with E-state index in [1.807, 2.05) is 12.1 Å². The first-order valence-corrected chi connectivity index (χ1v) is 8.00. The fraction of sp³-hybridized carbons (Fsp3) is 0.400. The molecule has 3 nitrogen and oxygen atoms in total. The maximum absolute atomic E-state index is 6.34. The number of anilines is 1. The monoisotopic (exact) mass is 354 g/mol. The van der Waals surface area contributed by atoms with Crippen LogP contribution in [0.4, 0.5) is 5.69 Å². The SMILES string of the molecule is CCCNc1c2c(nc3c(Cl)ccc(Br)c13)CCOC2. The molecule has 1 aliphatic heterocycles. The van der Waals surface area contributed by atoms with Crippen LogP contribution in [-0.2, 0) is 17.8 Å². The van der Waals surface area contributed by atoms with Crippen LogP contribution in [0.3, 0.4) is 0 Å². The molecule has 1 aromatic heterocycles. The molecule has 0 unspecified atom stereocenters. The molecule has 0 aliphatic carbocycles. The zero-order valence-corrected chi connectivity index (χ0v) is 13.6. The topological polar surface area (TPSA) is 34.2 Å². The molecule has 0 radical (unpaired) electrons. The van der Waals surface area contributed by atoms with Gasteiger partial charge in [0.05, 0.1) is 35.1 Å². The van der Waals surface area contributed by atoms with Gasteiger partial charge >= 0.3 is 0 Å². The Bertz CT molecular complexity index is 660. The van der Waals surface area contributed by atoms with Gasteiger partial charge in [0.25, 0.3) is 0 Å². The summed E-state index contributed by atoms with van der Waals surface area (Å²) in [7, 11) is 0. The van der Waals surface area contributed by atoms with Gasteiger partial charge in [-0.25, -0.2) is 0 Å². The Kier molecular flexibility index (Phi) is 4.15. The molecule has 5 heteroatoms. The van der Waals surface area contributed by atoms with Gasteiger partial charge in [-0.2, -0.15) is 0 Å². The second-order valence-electron chi connectivity index (χ2n) is 4.89. The van der Waals surface area contributed by atoms with Gasteiger partial charge in [-0.3, -0.25) is 4.98 Å². The Morgan fingerprint density at radius 1 is 1.45 bits per heavy atom. The Balaban J connectivity index is 2.30. The molecule has 0 amide bonds. The maximum atomic E-state index is 6.34. The molecule has 1 aromatic carbocycles. The van der Waals surface area contributed by atoms with Crippen molar-refractivity contribution in [2.24, 2.45) is 0 Å². The molecular formula is C15H16BrClN2O. The van der Waals surface area contributed by atoms with Crippen molar-refractivity contribution in [1.29, 1.82) is 0 Å². The van der Waals surface area contributed by atoms with Gasteiger partial charge in [0.2, 0.25) is 0 Å². The fourth-order valence-electron chi connectivity index (χ4n) is 2.54. The van der Waals surface area contributed by atoms with Crippen molar-refractivity contribution in [3.05, 3.63) is 32.9 Å². The number of hydrogen-bond donors (Lipinski definition) is 1. The summed E-state index contributed by atoms with van der Waals surface area (Å²) in [6.07, 6.45) is 1.91. The van der Waals surface area contributed by atoms with Crippen LogP contribution in [0.2, 0.25) is 5.02 Å². The Morgan fingerprint density at radius 2 is 2.30 bits per heavy atom. The Morgan fingerprint density at radius 3 is 3.10 bits per heavy atom. The summed E-state index contributed by atoms with van der Waals surface area (Å²) >= 11 is 9.96. The summed E-state index contributed by atoms with van der Waals surface area (Å²) < 4.78 is 6.62. The highest BCUT2D eigenvalue weighted by Gasteiger charge is 2.20. The first kappa shape index (κ1) is 14.1. The van der Waals surface area contributed by atoms with Crippen molar-refractivity contribution in [2.75, 3.05) is 18.5 Å². The number of benzene rings is 1. The molecule has 106 valence electrons. The third kappa shape index (κ3) is 2.41. The van der Waals surface area contributed by atoms with Crippen molar-refractivity contribution in [2.45, 2.75) is 26.4 Å². The van der Waals surface area contributed by atoms with E-state index in [0.717, 1.165) is 52.8 Å². The lowest BCUT2D eigenvalue weighted by molar-refractivity contribution is 0.110. The van der Waals surface area contributed by atoms with E-state index in [9.17, 15) is 0 Å². The van der Waals surface area contributed by atoms with E-state index in [1.165, 1.54) is 5.56 Å². The molecule has 2 heterocycles. The van der Waals surface area contributed by atoms with E-state index in [4.69, 9.17) is 21.3 Å². The standard InChI is InChI=1S/C15H16BrClN2O/c1-2-6-18-14-9-8-20-7-5-12(9)19-15-11(17)4-3-10(16)13(14)15/h3-4H,2,5-8H2,1H3,(H,18,19). The molecule has 1 aliphatic rings. The summed E-state index contributed by atoms with van der Waals surface area (Å²) in [6.45, 7) is 4.42. The summed E-state index contributed by atoms with van der Waals surface area (Å²) in [5, 5.41) is 5.27. The number of nitrogens with one attached hydrogen (secondary N) is 1. The van der Waals surface area contributed by atoms with E-state index in [-0.39, 0.29) is 0 Å². The Labute approximate surface area is 131 Å². The lowest BCUT2D eigenvalue weighted by atomic mass is 10.0. The van der Waals surface area contributed by atoms with E-state index < -0.39 is 0 Å². The molecule has 0 atom stereocenters. The van der Waals surface area contributed by atoms with Gasteiger partial charge in [-0.15, -0.1) is 0 Å². The van der Waals surface area contributed by atoms with Gasteiger partial charge in [0, 0.05) is 28.4 Å². The second-order valence-corrected chi connectivity index (χ2v) is 6.16. The summed E-state index contributed by atoms with van der Waals surface area (Å²) in [6, 6.07) is 3.86. The van der Waals surface area contributed by atoms with Crippen LogP contribution in [0.15, 0.2) is 16.6 Å². The van der Waals surface area contributed by atoms with Crippen molar-refractivity contribution in [3.8, 4) is 0 Å². The minimum atomic E-state index is 0.614. The molecule has 1 N–H and O–H groups in total. The van der Waals surface area contributed by atoms with Gasteiger partial charge in [-0.1, -0.05) is 34.5 Å². The number of ether oxygens (including phenoxy) is 1. The number of fused-ring (bicyclic) bond motifs is 2. The van der Waals surface area contributed by atoms with Gasteiger partial charge < -0.3 is 10.1 Å². The van der Waals surface area contributed by atoms with E-state index >= 15 is 0 Å². The van der Waals surface area contributed by atoms with Crippen molar-refractivity contribution in [1.82, 2.24) is 4.98 Å². The zero-order valence-electron chi connectivity index (χ0n) is 11.3. The molecule has 0 saturated carbocycles. The minimum absolute atomic E-state index is 0.614. The number of nitrogens with zero attached hydrogens (tertiary/aromatic N) is 1. The highest BCUT2D eigenvalue weighted by Crippen LogP contribution is 2.38. The number of hydrogen-bond acceptors (Lipinski definition) is 3. The van der Waals surface area contributed by atoms with Crippen LogP contribution in [-0.4, -0.2) is 18.1 Å². The quantitative estimate of drug-likeness (QED) is 0.877. The first-order valence-electron chi connectivity index (χ1n) is 6.83. The predicted molar refractivity (Wildman–Crippen MR) is 86.6 cm³/mol. The van der Waals surface area contributed by atoms with Gasteiger partial charge in [0.15, 0.2) is 0 Å². The lowest BCUT2D eigenvalue weighted by Crippen LogP contribution is -2.16. The van der Waals surface area contributed by atoms with E-state index in [2.05, 4.69) is 28.2 Å². The number of aromatic nitrogens is 1. The highest BCUT2D eigenvalue weighted by molar-refractivity contribution is 9.10. The largest absolute Gasteiger partial charge is 0.384 e. The third-order valence-electron chi connectivity index (χ3n) is 3.51. The first-order chi connectivity index (χ1) is 9.72. The lowest BCUT2D eigenvalue weighted by Gasteiger charge is -2.22. The van der Waals surface area contributed by atoms with Crippen molar-refractivity contribution in [3.63, 3.8) is 0 Å². The summed E-state index contributed by atoms with van der Waals surface area (Å²) in [5.74, 6) is 0. The maximum Gasteiger partial charge on any atom is 0.0923 e. The zero-order chi connectivity index (χ0) is 14.1. The molecule has 3 rings (SSSR count). The van der Waals surface area contributed by atoms with E-state index in [0.29, 0.717) is 11.6 Å². The predicted octanol–water partition coefficient (Wildman–Crippen LogP) is 4.55. The third-order valence-corrected chi connectivity index (χ3v) is 4.47. The average Bonchev–Trinajstić information content (AvgIpc) is 2.48. The minimum Gasteiger partial charge on any atom is -0.384 e. The van der Waals surface area contributed by atoms with Crippen molar-refractivity contribution >= 4 is 44.1 Å². The normalized spacial score (nSPS) is 14.3. The highest BCUT2D eigenvalue weighted by atomic mass is 79.9. The fourth-order valence-corrected chi connectivity index (χ4v) is 3.25. The summed E-state index contributed by atoms with van der Waals surface area (Å²) in [5.41, 5.74) is 4.24. The van der Waals surface area contributed by atoms with E-state index in [1.54, 1.807) is 0 Å². The van der Waals surface area contributed by atoms with Crippen molar-refractivity contribution < 1.29 is 4.74 Å². The molecule has 0 bridgehead atoms. The Hall–Kier alpha value is -0.840. The van der Waals surface area contributed by atoms with Gasteiger partial charge in [0.1, 0.15) is 0 Å². The molecule has 2 aromatic rings. The summed E-state index contributed by atoms with van der Waals surface area (Å²) in [4.78, 5) is 4.76. The van der Waals surface area contributed by atoms with Crippen LogP contribution in [0.1, 0.15) is 24.6 Å². The van der Waals surface area contributed by atoms with Crippen LogP contribution < -0.4 is 5.32 Å². The van der Waals surface area contributed by atoms with Crippen LogP contribution in [0.5, 0.6) is 0 Å². The molecular weight excluding hydrogens is 340 g/mol. The molecule has 0 saturated heterocycles. The van der Waals surface area contributed by atoms with Crippen LogP contribution >= 0.6 is 27.5 Å². The average molecular weight is 356 g/mol. The molecule has 20 heavy (non-hydrogen) atoms. The van der Waals surface area contributed by atoms with Gasteiger partial charge in [-0.05, 0) is 18.6 Å². The number of halogens is 2. The smallest absolute Gasteiger partial charge is 0.0923 e. The second kappa shape index (κ2) is 5.88. The number of rotatable bonds is 3.